The number of nitrogens with zero attached hydrogens (tertiary/aromatic N) is 5. The highest BCUT2D eigenvalue weighted by atomic mass is 32.2. The zero-order valence-corrected chi connectivity index (χ0v) is 39.5. The van der Waals surface area contributed by atoms with E-state index in [4.69, 9.17) is 0 Å². The molecule has 0 saturated heterocycles. The quantitative estimate of drug-likeness (QED) is 0.0325. The van der Waals surface area contributed by atoms with Crippen molar-refractivity contribution in [3.63, 3.8) is 0 Å². The lowest BCUT2D eigenvalue weighted by molar-refractivity contribution is -0.388. The zero-order chi connectivity index (χ0) is 49.3. The third-order valence-electron chi connectivity index (χ3n) is 10.9. The van der Waals surface area contributed by atoms with Gasteiger partial charge in [0.05, 0.1) is 33.5 Å². The molecule has 1 aliphatic carbocycles. The fraction of sp³-hybridized carbons (Fsp3) is 0.512. The molecule has 1 fully saturated rings. The first-order valence-corrected chi connectivity index (χ1v) is 24.2. The molecular formula is C43H57N11O11S2. The number of rotatable bonds is 24. The monoisotopic (exact) mass is 967 g/mol. The van der Waals surface area contributed by atoms with Crippen molar-refractivity contribution in [1.29, 1.82) is 0 Å². The average Bonchev–Trinajstić information content (AvgIpc) is 3.31. The van der Waals surface area contributed by atoms with Gasteiger partial charge in [-0.15, -0.1) is 0 Å². The van der Waals surface area contributed by atoms with Gasteiger partial charge in [0, 0.05) is 30.9 Å². The molecule has 1 aliphatic rings. The summed E-state index contributed by atoms with van der Waals surface area (Å²) < 4.78 is 27.8. The van der Waals surface area contributed by atoms with Crippen molar-refractivity contribution in [2.75, 3.05) is 6.54 Å². The number of carbonyl (C=O) groups is 7. The SMILES string of the molecule is CC[C@H](NC(=O)[C@H](CC1CCCCC1)NC(=O)[C@@H](NC(=O)[C@H](CC(C)C)NC(=O)c1cnccn1)[C@@H](C)CC)C(=O)C(=O)NCC(=O)NS(=O)(=O)c1ccc(Sc2ncccn2)c([N+](=O)[O-])c1. The summed E-state index contributed by atoms with van der Waals surface area (Å²) in [4.78, 5) is 120. The van der Waals surface area contributed by atoms with Crippen LogP contribution in [0.5, 0.6) is 0 Å². The van der Waals surface area contributed by atoms with E-state index in [1.165, 1.54) is 37.9 Å². The van der Waals surface area contributed by atoms with Crippen LogP contribution in [-0.2, 0) is 38.8 Å². The van der Waals surface area contributed by atoms with E-state index in [0.29, 0.717) is 6.42 Å². The molecule has 1 saturated carbocycles. The smallest absolute Gasteiger partial charge is 0.290 e. The molecule has 2 aromatic heterocycles. The number of ketones is 1. The molecule has 6 amide bonds. The Bertz CT molecular complexity index is 2350. The third-order valence-corrected chi connectivity index (χ3v) is 13.3. The van der Waals surface area contributed by atoms with Gasteiger partial charge >= 0.3 is 0 Å². The summed E-state index contributed by atoms with van der Waals surface area (Å²) in [5, 5.41) is 24.8. The predicted octanol–water partition coefficient (Wildman–Crippen LogP) is 2.54. The van der Waals surface area contributed by atoms with Crippen molar-refractivity contribution < 1.29 is 46.9 Å². The highest BCUT2D eigenvalue weighted by molar-refractivity contribution is 7.99. The molecule has 0 unspecified atom stereocenters. The van der Waals surface area contributed by atoms with Gasteiger partial charge in [-0.2, -0.15) is 0 Å². The van der Waals surface area contributed by atoms with Crippen molar-refractivity contribution in [1.82, 2.24) is 51.2 Å². The van der Waals surface area contributed by atoms with Crippen LogP contribution in [0.15, 0.2) is 70.2 Å². The minimum atomic E-state index is -4.70. The topological polar surface area (TPSA) is 321 Å². The minimum absolute atomic E-state index is 0.000336. The first-order valence-electron chi connectivity index (χ1n) is 21.9. The number of carbonyl (C=O) groups excluding carboxylic acids is 7. The van der Waals surface area contributed by atoms with Gasteiger partial charge < -0.3 is 26.6 Å². The molecular weight excluding hydrogens is 911 g/mol. The molecule has 24 heteroatoms. The van der Waals surface area contributed by atoms with Crippen molar-refractivity contribution in [2.24, 2.45) is 17.8 Å². The molecule has 4 rings (SSSR count). The summed E-state index contributed by atoms with van der Waals surface area (Å²) in [7, 11) is -4.70. The van der Waals surface area contributed by atoms with Crippen LogP contribution in [0.1, 0.15) is 103 Å². The van der Waals surface area contributed by atoms with Crippen LogP contribution in [0.25, 0.3) is 0 Å². The van der Waals surface area contributed by atoms with E-state index in [9.17, 15) is 52.1 Å². The van der Waals surface area contributed by atoms with E-state index in [1.807, 2.05) is 26.1 Å². The fourth-order valence-electron chi connectivity index (χ4n) is 7.16. The Morgan fingerprint density at radius 1 is 0.821 bits per heavy atom. The standard InChI is InChI=1S/C43H57N11O11S2/c1-6-26(5)36(52-39(58)30(20-25(3)4)50-40(59)32-23-44-18-19-45-32)41(60)51-31(21-27-12-9-8-10-13-27)38(57)49-29(7-2)37(56)42(61)48-24-35(55)53-67(64,65)28-14-15-34(33(22-28)54(62)63)66-43-46-16-11-17-47-43/h11,14-19,22-23,25-27,29-31,36H,6-10,12-13,20-21,24H2,1-5H3,(H,48,61)(H,49,57)(H,50,59)(H,51,60)(H,52,58)(H,53,55)/t26-,29-,30-,31-,36-/m0/s1. The van der Waals surface area contributed by atoms with Gasteiger partial charge in [0.1, 0.15) is 23.8 Å². The molecule has 67 heavy (non-hydrogen) atoms. The van der Waals surface area contributed by atoms with E-state index in [1.54, 1.807) is 17.7 Å². The first-order chi connectivity index (χ1) is 31.8. The number of hydrogen-bond acceptors (Lipinski definition) is 16. The summed E-state index contributed by atoms with van der Waals surface area (Å²) in [5.74, 6) is -6.90. The molecule has 362 valence electrons. The summed E-state index contributed by atoms with van der Waals surface area (Å²) in [6.45, 7) is 7.83. The second-order valence-corrected chi connectivity index (χ2v) is 19.2. The second-order valence-electron chi connectivity index (χ2n) is 16.5. The Hall–Kier alpha value is -6.43. The van der Waals surface area contributed by atoms with E-state index in [0.717, 1.165) is 62.1 Å². The summed E-state index contributed by atoms with van der Waals surface area (Å²) in [6.07, 6.45) is 12.0. The second kappa shape index (κ2) is 25.5. The molecule has 0 bridgehead atoms. The Morgan fingerprint density at radius 2 is 1.49 bits per heavy atom. The van der Waals surface area contributed by atoms with Crippen molar-refractivity contribution in [3.05, 3.63) is 71.1 Å². The average molecular weight is 968 g/mol. The van der Waals surface area contributed by atoms with Gasteiger partial charge in [-0.3, -0.25) is 48.7 Å². The number of Topliss-reactive ketones (excluding diaryl/α,β-unsaturated/α-hetero) is 1. The molecule has 1 aromatic carbocycles. The van der Waals surface area contributed by atoms with E-state index in [2.05, 4.69) is 41.2 Å². The maximum atomic E-state index is 14.1. The minimum Gasteiger partial charge on any atom is -0.344 e. The number of aromatic nitrogens is 4. The number of hydrogen-bond donors (Lipinski definition) is 6. The van der Waals surface area contributed by atoms with Gasteiger partial charge in [-0.1, -0.05) is 73.1 Å². The number of nitrogens with one attached hydrogen (secondary N) is 6. The van der Waals surface area contributed by atoms with Crippen LogP contribution in [0.3, 0.4) is 0 Å². The lowest BCUT2D eigenvalue weighted by Gasteiger charge is -2.31. The van der Waals surface area contributed by atoms with Crippen LogP contribution in [0.4, 0.5) is 5.69 Å². The van der Waals surface area contributed by atoms with Crippen molar-refractivity contribution >= 4 is 68.7 Å². The van der Waals surface area contributed by atoms with Gasteiger partial charge in [-0.25, -0.2) is 28.1 Å². The number of amides is 6. The first kappa shape index (κ1) is 53.2. The molecule has 0 radical (unpaired) electrons. The molecule has 0 spiro atoms. The molecule has 3 aromatic rings. The van der Waals surface area contributed by atoms with Gasteiger partial charge in [-0.05, 0) is 67.0 Å². The normalized spacial score (nSPS) is 15.1. The molecule has 0 aliphatic heterocycles. The Balaban J connectivity index is 1.42. The molecule has 2 heterocycles. The number of benzene rings is 1. The lowest BCUT2D eigenvalue weighted by Crippen LogP contribution is -2.60. The van der Waals surface area contributed by atoms with Gasteiger partial charge in [0.15, 0.2) is 5.16 Å². The number of nitro benzene ring substituents is 1. The molecule has 22 nitrogen and oxygen atoms in total. The van der Waals surface area contributed by atoms with Crippen LogP contribution in [0, 0.1) is 27.9 Å². The van der Waals surface area contributed by atoms with E-state index < -0.39 is 103 Å². The van der Waals surface area contributed by atoms with Crippen molar-refractivity contribution in [2.45, 2.75) is 132 Å². The van der Waals surface area contributed by atoms with Crippen LogP contribution < -0.4 is 31.3 Å². The summed E-state index contributed by atoms with van der Waals surface area (Å²) in [5.41, 5.74) is -0.602. The summed E-state index contributed by atoms with van der Waals surface area (Å²) >= 11 is 0.819. The van der Waals surface area contributed by atoms with Gasteiger partial charge in [0.25, 0.3) is 33.4 Å². The molecule has 6 N–H and O–H groups in total. The number of sulfonamides is 1. The Kier molecular flexibility index (Phi) is 20.2. The van der Waals surface area contributed by atoms with Gasteiger partial charge in [0.2, 0.25) is 23.5 Å². The Labute approximate surface area is 392 Å². The van der Waals surface area contributed by atoms with E-state index in [-0.39, 0.29) is 46.8 Å². The third kappa shape index (κ3) is 16.1. The predicted molar refractivity (Wildman–Crippen MR) is 242 cm³/mol. The maximum Gasteiger partial charge on any atom is 0.290 e. The molecule has 5 atom stereocenters. The fourth-order valence-corrected chi connectivity index (χ4v) is 8.96. The van der Waals surface area contributed by atoms with Crippen molar-refractivity contribution in [3.8, 4) is 0 Å². The van der Waals surface area contributed by atoms with Crippen LogP contribution in [0.2, 0.25) is 0 Å². The zero-order valence-electron chi connectivity index (χ0n) is 37.9. The van der Waals surface area contributed by atoms with E-state index >= 15 is 0 Å². The maximum absolute atomic E-state index is 14.1. The van der Waals surface area contributed by atoms with Crippen LogP contribution >= 0.6 is 11.8 Å². The Morgan fingerprint density at radius 3 is 2.10 bits per heavy atom. The largest absolute Gasteiger partial charge is 0.344 e. The lowest BCUT2D eigenvalue weighted by atomic mass is 9.84. The highest BCUT2D eigenvalue weighted by Crippen LogP contribution is 2.34. The highest BCUT2D eigenvalue weighted by Gasteiger charge is 2.36. The number of nitro groups is 1. The summed E-state index contributed by atoms with van der Waals surface area (Å²) in [6, 6.07) is -0.337. The van der Waals surface area contributed by atoms with Crippen LogP contribution in [-0.4, -0.2) is 105 Å².